The van der Waals surface area contributed by atoms with Crippen LogP contribution >= 0.6 is 11.8 Å². The molecule has 1 amide bonds. The van der Waals surface area contributed by atoms with Crippen molar-refractivity contribution in [2.24, 2.45) is 10.9 Å². The number of thioether (sulfide) groups is 1. The van der Waals surface area contributed by atoms with Gasteiger partial charge in [0, 0.05) is 12.3 Å². The Bertz CT molecular complexity index is 472. The maximum absolute atomic E-state index is 11.9. The van der Waals surface area contributed by atoms with Gasteiger partial charge in [-0.05, 0) is 5.56 Å². The standard InChI is InChI=1S/C13H14N2OS/c1-9-11(10-5-3-2-4-6-10)15-7-8-17-13(15)14-12(9)16/h2-6,9,11H,7-8H2,1H3/t9-,11-/m1/s1. The third kappa shape index (κ3) is 1.76. The maximum Gasteiger partial charge on any atom is 0.253 e. The van der Waals surface area contributed by atoms with Crippen LogP contribution in [0, 0.1) is 5.92 Å². The number of benzene rings is 1. The third-order valence-electron chi connectivity index (χ3n) is 3.35. The van der Waals surface area contributed by atoms with Crippen LogP contribution in [0.25, 0.3) is 0 Å². The van der Waals surface area contributed by atoms with Crippen LogP contribution in [0.15, 0.2) is 35.3 Å². The number of amides is 1. The lowest BCUT2D eigenvalue weighted by atomic mass is 9.91. The van der Waals surface area contributed by atoms with Crippen LogP contribution in [-0.4, -0.2) is 28.3 Å². The summed E-state index contributed by atoms with van der Waals surface area (Å²) in [4.78, 5) is 18.3. The van der Waals surface area contributed by atoms with Crippen LogP contribution in [0.1, 0.15) is 18.5 Å². The van der Waals surface area contributed by atoms with E-state index < -0.39 is 0 Å². The molecule has 1 fully saturated rings. The average molecular weight is 246 g/mol. The van der Waals surface area contributed by atoms with E-state index in [-0.39, 0.29) is 17.9 Å². The minimum Gasteiger partial charge on any atom is -0.342 e. The van der Waals surface area contributed by atoms with Gasteiger partial charge < -0.3 is 4.90 Å². The first-order valence-electron chi connectivity index (χ1n) is 5.84. The van der Waals surface area contributed by atoms with Gasteiger partial charge in [-0.25, -0.2) is 0 Å². The molecular weight excluding hydrogens is 232 g/mol. The fourth-order valence-electron chi connectivity index (χ4n) is 2.49. The summed E-state index contributed by atoms with van der Waals surface area (Å²) in [6.45, 7) is 2.96. The van der Waals surface area contributed by atoms with E-state index in [4.69, 9.17) is 0 Å². The van der Waals surface area contributed by atoms with E-state index in [1.54, 1.807) is 11.8 Å². The van der Waals surface area contributed by atoms with Gasteiger partial charge in [-0.1, -0.05) is 49.0 Å². The van der Waals surface area contributed by atoms with Gasteiger partial charge in [0.2, 0.25) is 0 Å². The summed E-state index contributed by atoms with van der Waals surface area (Å²) in [6, 6.07) is 10.4. The van der Waals surface area contributed by atoms with Crippen molar-refractivity contribution >= 4 is 22.8 Å². The highest BCUT2D eigenvalue weighted by molar-refractivity contribution is 8.14. The number of fused-ring (bicyclic) bond motifs is 1. The topological polar surface area (TPSA) is 32.7 Å². The molecule has 0 aromatic heterocycles. The van der Waals surface area contributed by atoms with E-state index in [0.29, 0.717) is 0 Å². The Kier molecular flexibility index (Phi) is 2.67. The Morgan fingerprint density at radius 3 is 2.88 bits per heavy atom. The zero-order valence-corrected chi connectivity index (χ0v) is 10.5. The lowest BCUT2D eigenvalue weighted by Crippen LogP contribution is -2.40. The second kappa shape index (κ2) is 4.18. The molecule has 0 unspecified atom stereocenters. The second-order valence-corrected chi connectivity index (χ2v) is 5.48. The molecule has 0 bridgehead atoms. The van der Waals surface area contributed by atoms with Crippen molar-refractivity contribution in [3.8, 4) is 0 Å². The lowest BCUT2D eigenvalue weighted by Gasteiger charge is -2.35. The van der Waals surface area contributed by atoms with Crippen LogP contribution in [-0.2, 0) is 4.79 Å². The Balaban J connectivity index is 2.03. The Hall–Kier alpha value is -1.29. The van der Waals surface area contributed by atoms with Gasteiger partial charge in [0.25, 0.3) is 5.91 Å². The van der Waals surface area contributed by atoms with E-state index in [1.807, 2.05) is 25.1 Å². The zero-order chi connectivity index (χ0) is 11.8. The summed E-state index contributed by atoms with van der Waals surface area (Å²) >= 11 is 1.69. The molecule has 3 nitrogen and oxygen atoms in total. The van der Waals surface area contributed by atoms with Gasteiger partial charge in [0.15, 0.2) is 5.17 Å². The largest absolute Gasteiger partial charge is 0.342 e. The van der Waals surface area contributed by atoms with Gasteiger partial charge in [-0.15, -0.1) is 0 Å². The van der Waals surface area contributed by atoms with Crippen LogP contribution in [0.4, 0.5) is 0 Å². The van der Waals surface area contributed by atoms with Crippen LogP contribution in [0.5, 0.6) is 0 Å². The molecule has 88 valence electrons. The molecule has 1 aromatic carbocycles. The molecule has 0 saturated carbocycles. The molecule has 2 heterocycles. The summed E-state index contributed by atoms with van der Waals surface area (Å²) in [6.07, 6.45) is 0. The number of nitrogens with zero attached hydrogens (tertiary/aromatic N) is 2. The molecule has 4 heteroatoms. The highest BCUT2D eigenvalue weighted by atomic mass is 32.2. The van der Waals surface area contributed by atoms with E-state index >= 15 is 0 Å². The van der Waals surface area contributed by atoms with Crippen molar-refractivity contribution in [2.75, 3.05) is 12.3 Å². The highest BCUT2D eigenvalue weighted by Crippen LogP contribution is 2.38. The molecule has 0 radical (unpaired) electrons. The van der Waals surface area contributed by atoms with Crippen LogP contribution in [0.2, 0.25) is 0 Å². The molecule has 0 spiro atoms. The molecule has 17 heavy (non-hydrogen) atoms. The number of aliphatic imine (C=N–C) groups is 1. The number of carbonyl (C=O) groups is 1. The zero-order valence-electron chi connectivity index (χ0n) is 9.67. The van der Waals surface area contributed by atoms with Gasteiger partial charge in [0.1, 0.15) is 0 Å². The van der Waals surface area contributed by atoms with Gasteiger partial charge >= 0.3 is 0 Å². The van der Waals surface area contributed by atoms with Crippen molar-refractivity contribution in [3.05, 3.63) is 35.9 Å². The summed E-state index contributed by atoms with van der Waals surface area (Å²) < 4.78 is 0. The molecular formula is C13H14N2OS. The van der Waals surface area contributed by atoms with Crippen molar-refractivity contribution in [1.29, 1.82) is 0 Å². The lowest BCUT2D eigenvalue weighted by molar-refractivity contribution is -0.123. The minimum absolute atomic E-state index is 0.0134. The molecule has 2 atom stereocenters. The number of hydrogen-bond donors (Lipinski definition) is 0. The quantitative estimate of drug-likeness (QED) is 0.762. The smallest absolute Gasteiger partial charge is 0.253 e. The molecule has 1 saturated heterocycles. The second-order valence-electron chi connectivity index (χ2n) is 4.42. The maximum atomic E-state index is 11.9. The first kappa shape index (κ1) is 10.8. The fourth-order valence-corrected chi connectivity index (χ4v) is 3.48. The predicted molar refractivity (Wildman–Crippen MR) is 70.0 cm³/mol. The first-order valence-corrected chi connectivity index (χ1v) is 6.83. The van der Waals surface area contributed by atoms with E-state index in [1.165, 1.54) is 5.56 Å². The third-order valence-corrected chi connectivity index (χ3v) is 4.33. The summed E-state index contributed by atoms with van der Waals surface area (Å²) in [5, 5.41) is 0.905. The average Bonchev–Trinajstić information content (AvgIpc) is 2.79. The fraction of sp³-hybridized carbons (Fsp3) is 0.385. The van der Waals surface area contributed by atoms with Gasteiger partial charge in [-0.3, -0.25) is 4.79 Å². The van der Waals surface area contributed by atoms with Crippen molar-refractivity contribution in [1.82, 2.24) is 4.90 Å². The summed E-state index contributed by atoms with van der Waals surface area (Å²) in [5.41, 5.74) is 1.21. The van der Waals surface area contributed by atoms with Gasteiger partial charge in [-0.2, -0.15) is 4.99 Å². The number of carbonyl (C=O) groups excluding carboxylic acids is 1. The van der Waals surface area contributed by atoms with Crippen molar-refractivity contribution in [2.45, 2.75) is 13.0 Å². The number of rotatable bonds is 1. The van der Waals surface area contributed by atoms with Crippen molar-refractivity contribution < 1.29 is 4.79 Å². The van der Waals surface area contributed by atoms with Gasteiger partial charge in [0.05, 0.1) is 12.0 Å². The van der Waals surface area contributed by atoms with Crippen LogP contribution in [0.3, 0.4) is 0 Å². The molecule has 1 aromatic rings. The molecule has 2 aliphatic heterocycles. The predicted octanol–water partition coefficient (Wildman–Crippen LogP) is 2.31. The molecule has 0 aliphatic carbocycles. The SMILES string of the molecule is C[C@H]1C(=O)N=C2SCCN2[C@H]1c1ccccc1. The molecule has 3 rings (SSSR count). The van der Waals surface area contributed by atoms with E-state index in [9.17, 15) is 4.79 Å². The summed E-state index contributed by atoms with van der Waals surface area (Å²) in [7, 11) is 0. The number of amidine groups is 1. The Morgan fingerprint density at radius 1 is 1.35 bits per heavy atom. The van der Waals surface area contributed by atoms with E-state index in [0.717, 1.165) is 17.5 Å². The Morgan fingerprint density at radius 2 is 2.12 bits per heavy atom. The normalized spacial score (nSPS) is 27.9. The minimum atomic E-state index is -0.0557. The van der Waals surface area contributed by atoms with Crippen molar-refractivity contribution in [3.63, 3.8) is 0 Å². The monoisotopic (exact) mass is 246 g/mol. The molecule has 2 aliphatic rings. The first-order chi connectivity index (χ1) is 8.27. The number of hydrogen-bond acceptors (Lipinski definition) is 3. The highest BCUT2D eigenvalue weighted by Gasteiger charge is 2.39. The Labute approximate surface area is 105 Å². The van der Waals surface area contributed by atoms with E-state index in [2.05, 4.69) is 22.0 Å². The molecule has 0 N–H and O–H groups in total. The summed E-state index contributed by atoms with van der Waals surface area (Å²) in [5.74, 6) is 0.988. The van der Waals surface area contributed by atoms with Crippen LogP contribution < -0.4 is 0 Å².